The molecule has 0 saturated heterocycles. The summed E-state index contributed by atoms with van der Waals surface area (Å²) in [5.41, 5.74) is 1.15. The number of rotatable bonds is 7. The average Bonchev–Trinajstić information content (AvgIpc) is 3.04. The normalized spacial score (nSPS) is 11.9. The maximum Gasteiger partial charge on any atom is 0.335 e. The minimum absolute atomic E-state index is 0.242. The van der Waals surface area contributed by atoms with Crippen molar-refractivity contribution in [2.45, 2.75) is 19.0 Å². The molecule has 0 spiro atoms. The van der Waals surface area contributed by atoms with E-state index in [1.54, 1.807) is 35.6 Å². The van der Waals surface area contributed by atoms with Crippen molar-refractivity contribution in [3.63, 3.8) is 0 Å². The number of benzene rings is 1. The number of hydrogen-bond donors (Lipinski definition) is 2. The van der Waals surface area contributed by atoms with Crippen LogP contribution in [-0.2, 0) is 22.5 Å². The van der Waals surface area contributed by atoms with Crippen LogP contribution in [0.5, 0.6) is 0 Å². The molecule has 1 unspecified atom stereocenters. The Labute approximate surface area is 132 Å². The second-order valence-electron chi connectivity index (χ2n) is 4.74. The summed E-state index contributed by atoms with van der Waals surface area (Å²) in [6.45, 7) is 0.463. The van der Waals surface area contributed by atoms with Crippen LogP contribution in [0.2, 0.25) is 0 Å². The molecule has 0 saturated carbocycles. The van der Waals surface area contributed by atoms with E-state index in [1.807, 2.05) is 17.5 Å². The van der Waals surface area contributed by atoms with Gasteiger partial charge in [0.25, 0.3) is 0 Å². The molecule has 0 aliphatic carbocycles. The van der Waals surface area contributed by atoms with Gasteiger partial charge in [-0.3, -0.25) is 10.1 Å². The molecule has 1 aromatic heterocycles. The predicted octanol–water partition coefficient (Wildman–Crippen LogP) is 2.32. The van der Waals surface area contributed by atoms with E-state index in [2.05, 4.69) is 5.32 Å². The fourth-order valence-corrected chi connectivity index (χ4v) is 2.77. The standard InChI is InChI=1S/C16H17NO4S/c1-21-16(20)14(9-13-3-2-8-22-13)17-10-11-4-6-12(7-5-11)15(18)19/h2-8,14,17H,9-10H2,1H3,(H,18,19). The Morgan fingerprint density at radius 1 is 1.27 bits per heavy atom. The molecule has 2 rings (SSSR count). The second-order valence-corrected chi connectivity index (χ2v) is 5.77. The van der Waals surface area contributed by atoms with Gasteiger partial charge in [0.1, 0.15) is 6.04 Å². The molecule has 2 aromatic rings. The monoisotopic (exact) mass is 319 g/mol. The Bertz CT molecular complexity index is 622. The fraction of sp³-hybridized carbons (Fsp3) is 0.250. The third-order valence-electron chi connectivity index (χ3n) is 3.22. The van der Waals surface area contributed by atoms with Crippen LogP contribution in [0.1, 0.15) is 20.8 Å². The molecule has 116 valence electrons. The van der Waals surface area contributed by atoms with E-state index >= 15 is 0 Å². The van der Waals surface area contributed by atoms with Gasteiger partial charge in [-0.05, 0) is 29.1 Å². The molecule has 1 heterocycles. The largest absolute Gasteiger partial charge is 0.478 e. The van der Waals surface area contributed by atoms with Crippen molar-refractivity contribution in [2.24, 2.45) is 0 Å². The lowest BCUT2D eigenvalue weighted by Gasteiger charge is -2.16. The highest BCUT2D eigenvalue weighted by Gasteiger charge is 2.19. The zero-order chi connectivity index (χ0) is 15.9. The van der Waals surface area contributed by atoms with Crippen molar-refractivity contribution in [3.05, 3.63) is 57.8 Å². The third kappa shape index (κ3) is 4.41. The van der Waals surface area contributed by atoms with Crippen molar-refractivity contribution < 1.29 is 19.4 Å². The summed E-state index contributed by atoms with van der Waals surface area (Å²) in [4.78, 5) is 23.8. The van der Waals surface area contributed by atoms with Gasteiger partial charge in [-0.15, -0.1) is 11.3 Å². The Hall–Kier alpha value is -2.18. The highest BCUT2D eigenvalue weighted by molar-refractivity contribution is 7.09. The van der Waals surface area contributed by atoms with Gasteiger partial charge in [-0.2, -0.15) is 0 Å². The summed E-state index contributed by atoms with van der Waals surface area (Å²) >= 11 is 1.59. The average molecular weight is 319 g/mol. The zero-order valence-corrected chi connectivity index (χ0v) is 12.9. The van der Waals surface area contributed by atoms with Gasteiger partial charge in [0.05, 0.1) is 12.7 Å². The third-order valence-corrected chi connectivity index (χ3v) is 4.12. The van der Waals surface area contributed by atoms with Gasteiger partial charge in [0.2, 0.25) is 0 Å². The minimum Gasteiger partial charge on any atom is -0.478 e. The lowest BCUT2D eigenvalue weighted by Crippen LogP contribution is -2.38. The van der Waals surface area contributed by atoms with Crippen LogP contribution < -0.4 is 5.32 Å². The molecule has 6 heteroatoms. The summed E-state index contributed by atoms with van der Waals surface area (Å²) in [6, 6.07) is 10.1. The molecule has 0 fully saturated rings. The second kappa shape index (κ2) is 7.72. The molecule has 22 heavy (non-hydrogen) atoms. The van der Waals surface area contributed by atoms with Gasteiger partial charge >= 0.3 is 11.9 Å². The first-order chi connectivity index (χ1) is 10.6. The van der Waals surface area contributed by atoms with Crippen molar-refractivity contribution in [1.29, 1.82) is 0 Å². The van der Waals surface area contributed by atoms with Gasteiger partial charge in [-0.1, -0.05) is 18.2 Å². The molecule has 0 aliphatic rings. The number of ether oxygens (including phenoxy) is 1. The molecule has 1 aromatic carbocycles. The van der Waals surface area contributed by atoms with Crippen molar-refractivity contribution >= 4 is 23.3 Å². The number of thiophene rings is 1. The number of carbonyl (C=O) groups is 2. The highest BCUT2D eigenvalue weighted by Crippen LogP contribution is 2.12. The summed E-state index contributed by atoms with van der Waals surface area (Å²) in [7, 11) is 1.37. The van der Waals surface area contributed by atoms with Crippen LogP contribution in [0.3, 0.4) is 0 Å². The van der Waals surface area contributed by atoms with E-state index in [0.29, 0.717) is 13.0 Å². The number of methoxy groups -OCH3 is 1. The van der Waals surface area contributed by atoms with Gasteiger partial charge < -0.3 is 9.84 Å². The number of nitrogens with one attached hydrogen (secondary N) is 1. The molecule has 5 nitrogen and oxygen atoms in total. The molecule has 2 N–H and O–H groups in total. The number of carboxylic acid groups (broad SMARTS) is 1. The van der Waals surface area contributed by atoms with Crippen LogP contribution in [0.4, 0.5) is 0 Å². The summed E-state index contributed by atoms with van der Waals surface area (Å²) in [5.74, 6) is -1.26. The van der Waals surface area contributed by atoms with Crippen molar-refractivity contribution in [2.75, 3.05) is 7.11 Å². The van der Waals surface area contributed by atoms with Crippen molar-refractivity contribution in [3.8, 4) is 0 Å². The van der Waals surface area contributed by atoms with Gasteiger partial charge in [0.15, 0.2) is 0 Å². The molecular weight excluding hydrogens is 302 g/mol. The number of carboxylic acids is 1. The van der Waals surface area contributed by atoms with Crippen LogP contribution in [0.25, 0.3) is 0 Å². The topological polar surface area (TPSA) is 75.6 Å². The van der Waals surface area contributed by atoms with E-state index in [1.165, 1.54) is 7.11 Å². The quantitative estimate of drug-likeness (QED) is 0.766. The van der Waals surface area contributed by atoms with E-state index < -0.39 is 12.0 Å². The first-order valence-corrected chi connectivity index (χ1v) is 7.64. The summed E-state index contributed by atoms with van der Waals surface area (Å²) in [5, 5.41) is 14.0. The first kappa shape index (κ1) is 16.2. The smallest absolute Gasteiger partial charge is 0.335 e. The highest BCUT2D eigenvalue weighted by atomic mass is 32.1. The molecule has 0 aliphatic heterocycles. The van der Waals surface area contributed by atoms with Crippen LogP contribution in [0, 0.1) is 0 Å². The van der Waals surface area contributed by atoms with Crippen LogP contribution in [-0.4, -0.2) is 30.2 Å². The number of esters is 1. The first-order valence-electron chi connectivity index (χ1n) is 6.76. The molecule has 0 bridgehead atoms. The van der Waals surface area contributed by atoms with Crippen molar-refractivity contribution in [1.82, 2.24) is 5.32 Å². The predicted molar refractivity (Wildman–Crippen MR) is 84.1 cm³/mol. The minimum atomic E-state index is -0.954. The zero-order valence-electron chi connectivity index (χ0n) is 12.1. The van der Waals surface area contributed by atoms with Crippen LogP contribution >= 0.6 is 11.3 Å². The van der Waals surface area contributed by atoms with E-state index in [9.17, 15) is 9.59 Å². The number of aromatic carboxylic acids is 1. The van der Waals surface area contributed by atoms with Gasteiger partial charge in [-0.25, -0.2) is 4.79 Å². The SMILES string of the molecule is COC(=O)C(Cc1cccs1)NCc1ccc(C(=O)O)cc1. The summed E-state index contributed by atoms with van der Waals surface area (Å²) in [6.07, 6.45) is 0.567. The Morgan fingerprint density at radius 2 is 2.00 bits per heavy atom. The Balaban J connectivity index is 1.98. The number of hydrogen-bond acceptors (Lipinski definition) is 5. The molecule has 1 atom stereocenters. The number of carbonyl (C=O) groups excluding carboxylic acids is 1. The van der Waals surface area contributed by atoms with Crippen LogP contribution in [0.15, 0.2) is 41.8 Å². The lowest BCUT2D eigenvalue weighted by molar-refractivity contribution is -0.143. The fourth-order valence-electron chi connectivity index (χ4n) is 2.02. The Morgan fingerprint density at radius 3 is 2.55 bits per heavy atom. The summed E-state index contributed by atoms with van der Waals surface area (Å²) < 4.78 is 4.83. The maximum absolute atomic E-state index is 11.8. The van der Waals surface area contributed by atoms with E-state index in [4.69, 9.17) is 9.84 Å². The van der Waals surface area contributed by atoms with E-state index in [-0.39, 0.29) is 11.5 Å². The molecule has 0 amide bonds. The molecule has 0 radical (unpaired) electrons. The van der Waals surface area contributed by atoms with E-state index in [0.717, 1.165) is 10.4 Å². The lowest BCUT2D eigenvalue weighted by atomic mass is 10.1. The van der Waals surface area contributed by atoms with Gasteiger partial charge in [0, 0.05) is 17.8 Å². The molecular formula is C16H17NO4S. The Kier molecular flexibility index (Phi) is 5.68. The maximum atomic E-state index is 11.8.